The number of rotatable bonds is 2. The Morgan fingerprint density at radius 2 is 1.91 bits per heavy atom. The van der Waals surface area contributed by atoms with Crippen molar-refractivity contribution in [3.05, 3.63) is 33.3 Å². The number of aliphatic hydroxyl groups is 1. The lowest BCUT2D eigenvalue weighted by Crippen LogP contribution is -2.49. The molecular weight excluding hydrogens is 486 g/mol. The first-order valence-electron chi connectivity index (χ1n) is 12.1. The highest BCUT2D eigenvalue weighted by atomic mass is 32.2. The van der Waals surface area contributed by atoms with Crippen molar-refractivity contribution < 1.29 is 27.9 Å². The average molecular weight is 526 g/mol. The Hall–Kier alpha value is -1.84. The van der Waals surface area contributed by atoms with Gasteiger partial charge >= 0.3 is 5.97 Å². The number of carbonyl (C=O) groups is 2. The number of cyclic esters (lactones) is 1. The van der Waals surface area contributed by atoms with Gasteiger partial charge in [-0.15, -0.1) is 11.3 Å². The fraction of sp³-hybridized carbons (Fsp3) is 0.654. The number of aromatic nitrogens is 1. The Balaban J connectivity index is 2.41. The fourth-order valence-corrected chi connectivity index (χ4v) is 6.06. The molecule has 0 saturated heterocycles. The van der Waals surface area contributed by atoms with Crippen LogP contribution in [0.25, 0.3) is 6.08 Å². The minimum atomic E-state index is -4.19. The predicted octanol–water partition coefficient (Wildman–Crippen LogP) is 4.68. The topological polar surface area (TPSA) is 111 Å². The van der Waals surface area contributed by atoms with Gasteiger partial charge in [0.1, 0.15) is 16.6 Å². The maximum absolute atomic E-state index is 13.2. The van der Waals surface area contributed by atoms with E-state index >= 15 is 0 Å². The number of Topliss-reactive ketones (excluding diaryl/α,β-unsaturated/α-hetero) is 1. The van der Waals surface area contributed by atoms with E-state index in [-0.39, 0.29) is 5.92 Å². The van der Waals surface area contributed by atoms with E-state index in [1.54, 1.807) is 6.92 Å². The van der Waals surface area contributed by atoms with Crippen molar-refractivity contribution in [3.63, 3.8) is 0 Å². The number of thiazole rings is 1. The maximum Gasteiger partial charge on any atom is 0.321 e. The molecule has 9 heteroatoms. The van der Waals surface area contributed by atoms with Crippen LogP contribution in [-0.4, -0.2) is 53.0 Å². The summed E-state index contributed by atoms with van der Waals surface area (Å²) >= 11 is 1.52. The molecule has 0 radical (unpaired) electrons. The molecule has 0 aliphatic carbocycles. The van der Waals surface area contributed by atoms with Crippen molar-refractivity contribution in [2.45, 2.75) is 91.1 Å². The first-order chi connectivity index (χ1) is 16.2. The standard InChI is InChI=1S/C26H39NO6S2/c1-16-9-8-10-17(2)24(29)19(4)25(30)26(6,7)35(31,32)15-23(28)33-22(12-11-16)18(3)13-21-14-34-20(5)27-21/h11,13-14,17,19,22,24,29H,8-10,12,15H2,1-7H3/b16-11-,18-13-/t17-,19+,22?,24+/m0/s1. The summed E-state index contributed by atoms with van der Waals surface area (Å²) in [5.41, 5.74) is 2.64. The van der Waals surface area contributed by atoms with Crippen LogP contribution in [0.2, 0.25) is 0 Å². The lowest BCUT2D eigenvalue weighted by molar-refractivity contribution is -0.144. The van der Waals surface area contributed by atoms with Gasteiger partial charge in [0, 0.05) is 17.7 Å². The molecule has 0 bridgehead atoms. The molecule has 4 atom stereocenters. The van der Waals surface area contributed by atoms with E-state index in [9.17, 15) is 23.1 Å². The molecule has 2 heterocycles. The van der Waals surface area contributed by atoms with Crippen LogP contribution in [0.5, 0.6) is 0 Å². The summed E-state index contributed by atoms with van der Waals surface area (Å²) in [6.45, 7) is 11.8. The number of nitrogens with zero attached hydrogens (tertiary/aromatic N) is 1. The van der Waals surface area contributed by atoms with E-state index in [1.165, 1.54) is 25.2 Å². The van der Waals surface area contributed by atoms with Crippen LogP contribution in [0, 0.1) is 18.8 Å². The lowest BCUT2D eigenvalue weighted by Gasteiger charge is -2.31. The smallest absolute Gasteiger partial charge is 0.321 e. The molecule has 0 amide bonds. The summed E-state index contributed by atoms with van der Waals surface area (Å²) in [6.07, 6.45) is 4.98. The van der Waals surface area contributed by atoms with Crippen LogP contribution in [0.15, 0.2) is 22.6 Å². The van der Waals surface area contributed by atoms with Crippen LogP contribution >= 0.6 is 11.3 Å². The van der Waals surface area contributed by atoms with E-state index in [4.69, 9.17) is 4.74 Å². The SMILES string of the molecule is C/C1=C/CC(/C(C)=C\c2csc(C)n2)OC(=O)CS(=O)(=O)C(C)(C)C(=O)[C@H](C)[C@H](O)[C@@H](C)CCC1. The summed E-state index contributed by atoms with van der Waals surface area (Å²) < 4.78 is 30.1. The van der Waals surface area contributed by atoms with Gasteiger partial charge in [-0.3, -0.25) is 9.59 Å². The Bertz CT molecular complexity index is 1080. The molecule has 0 saturated carbocycles. The number of hydrogen-bond acceptors (Lipinski definition) is 8. The molecule has 196 valence electrons. The molecule has 1 aliphatic rings. The molecule has 0 spiro atoms. The normalized spacial score (nSPS) is 30.9. The lowest BCUT2D eigenvalue weighted by atomic mass is 9.83. The monoisotopic (exact) mass is 525 g/mol. The van der Waals surface area contributed by atoms with Gasteiger partial charge < -0.3 is 9.84 Å². The second kappa shape index (κ2) is 11.9. The van der Waals surface area contributed by atoms with Gasteiger partial charge in [0.25, 0.3) is 0 Å². The molecule has 0 fully saturated rings. The summed E-state index contributed by atoms with van der Waals surface area (Å²) in [5.74, 6) is -3.46. The van der Waals surface area contributed by atoms with Gasteiger partial charge in [0.15, 0.2) is 15.6 Å². The summed E-state index contributed by atoms with van der Waals surface area (Å²) in [7, 11) is -4.19. The van der Waals surface area contributed by atoms with E-state index < -0.39 is 50.2 Å². The third kappa shape index (κ3) is 7.57. The molecule has 1 unspecified atom stereocenters. The molecule has 0 aromatic carbocycles. The molecular formula is C26H39NO6S2. The van der Waals surface area contributed by atoms with Crippen molar-refractivity contribution in [1.82, 2.24) is 4.98 Å². The molecule has 2 rings (SSSR count). The largest absolute Gasteiger partial charge is 0.457 e. The van der Waals surface area contributed by atoms with Crippen LogP contribution in [-0.2, 0) is 24.2 Å². The van der Waals surface area contributed by atoms with E-state index in [0.717, 1.165) is 34.7 Å². The third-order valence-corrected chi connectivity index (χ3v) is 10.1. The molecule has 1 aromatic heterocycles. The van der Waals surface area contributed by atoms with Crippen molar-refractivity contribution in [3.8, 4) is 0 Å². The number of esters is 1. The van der Waals surface area contributed by atoms with Gasteiger partial charge in [-0.25, -0.2) is 13.4 Å². The van der Waals surface area contributed by atoms with Gasteiger partial charge in [-0.05, 0) is 71.4 Å². The van der Waals surface area contributed by atoms with Crippen molar-refractivity contribution in [2.75, 3.05) is 5.75 Å². The van der Waals surface area contributed by atoms with Crippen molar-refractivity contribution in [2.24, 2.45) is 11.8 Å². The number of carbonyl (C=O) groups excluding carboxylic acids is 2. The zero-order chi connectivity index (χ0) is 26.6. The Morgan fingerprint density at radius 1 is 1.26 bits per heavy atom. The number of aryl methyl sites for hydroxylation is 1. The Morgan fingerprint density at radius 3 is 2.51 bits per heavy atom. The summed E-state index contributed by atoms with van der Waals surface area (Å²) in [4.78, 5) is 30.4. The van der Waals surface area contributed by atoms with Crippen LogP contribution in [0.4, 0.5) is 0 Å². The molecule has 7 nitrogen and oxygen atoms in total. The van der Waals surface area contributed by atoms with Crippen molar-refractivity contribution >= 4 is 39.0 Å². The third-order valence-electron chi connectivity index (χ3n) is 6.89. The first kappa shape index (κ1) is 29.4. The second-order valence-electron chi connectivity index (χ2n) is 10.2. The quantitative estimate of drug-likeness (QED) is 0.441. The average Bonchev–Trinajstić information content (AvgIpc) is 3.17. The van der Waals surface area contributed by atoms with E-state index in [2.05, 4.69) is 4.98 Å². The highest BCUT2D eigenvalue weighted by Gasteiger charge is 2.46. The van der Waals surface area contributed by atoms with Crippen LogP contribution in [0.1, 0.15) is 77.9 Å². The number of hydrogen-bond donors (Lipinski definition) is 1. The Kier molecular flexibility index (Phi) is 10.0. The second-order valence-corrected chi connectivity index (χ2v) is 13.8. The van der Waals surface area contributed by atoms with Gasteiger partial charge in [0.2, 0.25) is 0 Å². The van der Waals surface area contributed by atoms with Gasteiger partial charge in [-0.2, -0.15) is 0 Å². The number of allylic oxidation sites excluding steroid dienone is 1. The molecule has 1 aliphatic heterocycles. The molecule has 1 aromatic rings. The zero-order valence-electron chi connectivity index (χ0n) is 21.8. The minimum Gasteiger partial charge on any atom is -0.457 e. The molecule has 35 heavy (non-hydrogen) atoms. The highest BCUT2D eigenvalue weighted by molar-refractivity contribution is 7.94. The van der Waals surface area contributed by atoms with Crippen molar-refractivity contribution in [1.29, 1.82) is 0 Å². The number of ether oxygens (including phenoxy) is 1. The van der Waals surface area contributed by atoms with Gasteiger partial charge in [0.05, 0.1) is 16.8 Å². The van der Waals surface area contributed by atoms with E-state index in [0.29, 0.717) is 12.8 Å². The van der Waals surface area contributed by atoms with Crippen LogP contribution < -0.4 is 0 Å². The number of sulfone groups is 1. The fourth-order valence-electron chi connectivity index (χ4n) is 4.26. The van der Waals surface area contributed by atoms with Gasteiger partial charge in [-0.1, -0.05) is 25.5 Å². The minimum absolute atomic E-state index is 0.169. The summed E-state index contributed by atoms with van der Waals surface area (Å²) in [5, 5.41) is 13.6. The Labute approximate surface area is 213 Å². The molecule has 1 N–H and O–H groups in total. The maximum atomic E-state index is 13.2. The van der Waals surface area contributed by atoms with Crippen LogP contribution in [0.3, 0.4) is 0 Å². The number of ketones is 1. The summed E-state index contributed by atoms with van der Waals surface area (Å²) in [6, 6.07) is 0. The highest BCUT2D eigenvalue weighted by Crippen LogP contribution is 2.29. The zero-order valence-corrected chi connectivity index (χ0v) is 23.5. The first-order valence-corrected chi connectivity index (χ1v) is 14.6. The predicted molar refractivity (Wildman–Crippen MR) is 140 cm³/mol. The van der Waals surface area contributed by atoms with E-state index in [1.807, 2.05) is 45.2 Å². The number of aliphatic hydroxyl groups excluding tert-OH is 1.